The molecule has 1 aliphatic heterocycles. The van der Waals surface area contributed by atoms with Gasteiger partial charge in [-0.15, -0.1) is 0 Å². The van der Waals surface area contributed by atoms with Crippen LogP contribution in [0.2, 0.25) is 0 Å². The van der Waals surface area contributed by atoms with Gasteiger partial charge in [0.25, 0.3) is 5.91 Å². The minimum atomic E-state index is -4.14. The second kappa shape index (κ2) is 10.9. The predicted octanol–water partition coefficient (Wildman–Crippen LogP) is 4.14. The van der Waals surface area contributed by atoms with Gasteiger partial charge in [-0.05, 0) is 73.5 Å². The van der Waals surface area contributed by atoms with Crippen LogP contribution in [-0.4, -0.2) is 55.8 Å². The van der Waals surface area contributed by atoms with Gasteiger partial charge in [0.2, 0.25) is 15.9 Å². The van der Waals surface area contributed by atoms with Gasteiger partial charge in [0.15, 0.2) is 0 Å². The molecule has 0 aliphatic carbocycles. The summed E-state index contributed by atoms with van der Waals surface area (Å²) < 4.78 is 39.7. The lowest BCUT2D eigenvalue weighted by Crippen LogP contribution is -2.46. The second-order valence-corrected chi connectivity index (χ2v) is 11.0. The van der Waals surface area contributed by atoms with Crippen LogP contribution in [0.5, 0.6) is 11.5 Å². The Morgan fingerprint density at radius 1 is 0.974 bits per heavy atom. The Hall–Kier alpha value is -4.15. The summed E-state index contributed by atoms with van der Waals surface area (Å²) in [6.45, 7) is 2.36. The number of sulfonamides is 1. The summed E-state index contributed by atoms with van der Waals surface area (Å²) in [5.41, 5.74) is 2.22. The first-order valence-corrected chi connectivity index (χ1v) is 14.1. The van der Waals surface area contributed by atoms with Crippen LogP contribution in [0, 0.1) is 0 Å². The number of nitrogens with zero attached hydrogens (tertiary/aromatic N) is 2. The maximum absolute atomic E-state index is 13.9. The lowest BCUT2D eigenvalue weighted by molar-refractivity contribution is -0.122. The minimum absolute atomic E-state index is 0.0109. The maximum Gasteiger partial charge on any atom is 0.252 e. The zero-order valence-electron chi connectivity index (χ0n) is 21.7. The van der Waals surface area contributed by atoms with Crippen LogP contribution >= 0.6 is 0 Å². The Balaban J connectivity index is 1.48. The van der Waals surface area contributed by atoms with E-state index < -0.39 is 27.9 Å². The number of hydrogen-bond donors (Lipinski definition) is 1. The highest BCUT2D eigenvalue weighted by molar-refractivity contribution is 7.89. The van der Waals surface area contributed by atoms with Gasteiger partial charge in [-0.3, -0.25) is 9.59 Å². The van der Waals surface area contributed by atoms with Crippen LogP contribution in [-0.2, 0) is 26.0 Å². The van der Waals surface area contributed by atoms with E-state index in [9.17, 15) is 18.0 Å². The third-order valence-corrected chi connectivity index (χ3v) is 8.74. The highest BCUT2D eigenvalue weighted by Gasteiger charge is 2.46. The van der Waals surface area contributed by atoms with Crippen molar-refractivity contribution in [2.24, 2.45) is 0 Å². The van der Waals surface area contributed by atoms with Crippen LogP contribution in [0.4, 0.5) is 5.69 Å². The fraction of sp³-hybridized carbons (Fsp3) is 0.241. The normalized spacial score (nSPS) is 15.9. The maximum atomic E-state index is 13.9. The number of fused-ring (bicyclic) bond motifs is 1. The summed E-state index contributed by atoms with van der Waals surface area (Å²) in [6.07, 6.45) is 1.94. The lowest BCUT2D eigenvalue weighted by Gasteiger charge is -2.27. The van der Waals surface area contributed by atoms with Crippen molar-refractivity contribution >= 4 is 38.4 Å². The zero-order valence-corrected chi connectivity index (χ0v) is 22.5. The molecule has 1 unspecified atom stereocenters. The Morgan fingerprint density at radius 3 is 2.36 bits per heavy atom. The van der Waals surface area contributed by atoms with E-state index in [1.165, 1.54) is 19.2 Å². The van der Waals surface area contributed by atoms with Gasteiger partial charge >= 0.3 is 0 Å². The molecule has 1 N–H and O–H groups in total. The minimum Gasteiger partial charge on any atom is -0.497 e. The first-order valence-electron chi connectivity index (χ1n) is 12.6. The zero-order chi connectivity index (χ0) is 27.6. The second-order valence-electron chi connectivity index (χ2n) is 9.12. The van der Waals surface area contributed by atoms with Gasteiger partial charge in [0.05, 0.1) is 30.7 Å². The summed E-state index contributed by atoms with van der Waals surface area (Å²) in [6, 6.07) is 19.1. The van der Waals surface area contributed by atoms with Crippen LogP contribution < -0.4 is 14.4 Å². The monoisotopic (exact) mass is 547 g/mol. The van der Waals surface area contributed by atoms with E-state index in [0.29, 0.717) is 30.2 Å². The molecule has 9 nitrogen and oxygen atoms in total. The molecule has 0 radical (unpaired) electrons. The number of aromatic amines is 1. The average molecular weight is 548 g/mol. The Kier molecular flexibility index (Phi) is 7.40. The molecular formula is C29H29N3O6S. The van der Waals surface area contributed by atoms with E-state index in [2.05, 4.69) is 4.98 Å². The molecule has 0 saturated carbocycles. The summed E-state index contributed by atoms with van der Waals surface area (Å²) in [5.74, 6) is 0.0729. The number of anilines is 1. The van der Waals surface area contributed by atoms with Crippen LogP contribution in [0.25, 0.3) is 10.9 Å². The molecule has 5 rings (SSSR count). The number of methoxy groups -OCH3 is 1. The molecule has 0 bridgehead atoms. The van der Waals surface area contributed by atoms with E-state index in [1.807, 2.05) is 37.4 Å². The number of aromatic nitrogens is 1. The number of rotatable bonds is 10. The Morgan fingerprint density at radius 2 is 1.67 bits per heavy atom. The largest absolute Gasteiger partial charge is 0.497 e. The molecule has 202 valence electrons. The van der Waals surface area contributed by atoms with Crippen molar-refractivity contribution in [3.63, 3.8) is 0 Å². The van der Waals surface area contributed by atoms with Crippen LogP contribution in [0.15, 0.2) is 83.9 Å². The summed E-state index contributed by atoms with van der Waals surface area (Å²) >= 11 is 0. The molecule has 1 fully saturated rings. The van der Waals surface area contributed by atoms with Gasteiger partial charge in [-0.2, -0.15) is 4.31 Å². The Bertz CT molecular complexity index is 1600. The average Bonchev–Trinajstić information content (AvgIpc) is 3.49. The van der Waals surface area contributed by atoms with Crippen LogP contribution in [0.1, 0.15) is 18.9 Å². The summed E-state index contributed by atoms with van der Waals surface area (Å²) in [7, 11) is -2.65. The third kappa shape index (κ3) is 5.13. The van der Waals surface area contributed by atoms with Gasteiger partial charge in [-0.1, -0.05) is 18.2 Å². The number of carbonyl (C=O) groups is 2. The third-order valence-electron chi connectivity index (χ3n) is 6.82. The van der Waals surface area contributed by atoms with Gasteiger partial charge < -0.3 is 14.5 Å². The van der Waals surface area contributed by atoms with E-state index in [4.69, 9.17) is 9.47 Å². The highest BCUT2D eigenvalue weighted by Crippen LogP contribution is 2.31. The van der Waals surface area contributed by atoms with Crippen molar-refractivity contribution < 1.29 is 27.5 Å². The standard InChI is InChI=1S/C29H29N3O6S/c1-3-38-23-10-8-21(9-11-23)32-28(33)18-27(29(32)34)31(39(35,36)24-14-12-22(37-2)13-15-24)17-16-20-19-30-26-7-5-4-6-25(20)26/h4-15,19,27,30H,3,16-18H2,1-2H3. The predicted molar refractivity (Wildman–Crippen MR) is 147 cm³/mol. The fourth-order valence-corrected chi connectivity index (χ4v) is 6.45. The van der Waals surface area contributed by atoms with Crippen molar-refractivity contribution in [3.8, 4) is 11.5 Å². The number of para-hydroxylation sites is 1. The first kappa shape index (κ1) is 26.5. The van der Waals surface area contributed by atoms with Crippen molar-refractivity contribution in [3.05, 3.63) is 84.6 Å². The molecule has 10 heteroatoms. The van der Waals surface area contributed by atoms with Gasteiger partial charge in [0.1, 0.15) is 17.5 Å². The van der Waals surface area contributed by atoms with Gasteiger partial charge in [-0.25, -0.2) is 13.3 Å². The van der Waals surface area contributed by atoms with Gasteiger partial charge in [0, 0.05) is 23.6 Å². The summed E-state index contributed by atoms with van der Waals surface area (Å²) in [5, 5.41) is 0.976. The van der Waals surface area contributed by atoms with Crippen molar-refractivity contribution in [2.45, 2.75) is 30.7 Å². The molecular weight excluding hydrogens is 518 g/mol. The van der Waals surface area contributed by atoms with Crippen molar-refractivity contribution in [2.75, 3.05) is 25.2 Å². The number of hydrogen-bond acceptors (Lipinski definition) is 6. The molecule has 4 aromatic rings. The molecule has 0 spiro atoms. The smallest absolute Gasteiger partial charge is 0.252 e. The molecule has 2 heterocycles. The molecule has 3 aromatic carbocycles. The number of benzene rings is 3. The van der Waals surface area contributed by atoms with Crippen molar-refractivity contribution in [1.29, 1.82) is 0 Å². The quantitative estimate of drug-likeness (QED) is 0.299. The highest BCUT2D eigenvalue weighted by atomic mass is 32.2. The molecule has 1 atom stereocenters. The van der Waals surface area contributed by atoms with E-state index in [1.54, 1.807) is 36.4 Å². The van der Waals surface area contributed by atoms with Crippen molar-refractivity contribution in [1.82, 2.24) is 9.29 Å². The number of carbonyl (C=O) groups excluding carboxylic acids is 2. The summed E-state index contributed by atoms with van der Waals surface area (Å²) in [4.78, 5) is 31.0. The topological polar surface area (TPSA) is 109 Å². The first-order chi connectivity index (χ1) is 18.8. The molecule has 1 saturated heterocycles. The number of nitrogens with one attached hydrogen (secondary N) is 1. The molecule has 1 aliphatic rings. The number of ether oxygens (including phenoxy) is 2. The molecule has 39 heavy (non-hydrogen) atoms. The molecule has 1 aromatic heterocycles. The SMILES string of the molecule is CCOc1ccc(N2C(=O)CC(N(CCc3c[nH]c4ccccc34)S(=O)(=O)c3ccc(OC)cc3)C2=O)cc1. The lowest BCUT2D eigenvalue weighted by atomic mass is 10.1. The Labute approximate surface area is 227 Å². The number of H-pyrrole nitrogens is 1. The van der Waals surface area contributed by atoms with E-state index in [-0.39, 0.29) is 17.9 Å². The van der Waals surface area contributed by atoms with Crippen LogP contribution in [0.3, 0.4) is 0 Å². The van der Waals surface area contributed by atoms with E-state index in [0.717, 1.165) is 25.7 Å². The number of imide groups is 1. The van der Waals surface area contributed by atoms with E-state index >= 15 is 0 Å². The number of amides is 2. The fourth-order valence-electron chi connectivity index (χ4n) is 4.87. The molecule has 2 amide bonds.